The lowest BCUT2D eigenvalue weighted by Gasteiger charge is -2.22. The van der Waals surface area contributed by atoms with Crippen LogP contribution in [-0.4, -0.2) is 69.8 Å². The predicted molar refractivity (Wildman–Crippen MR) is 151 cm³/mol. The first-order chi connectivity index (χ1) is 19.3. The number of carbonyl (C=O) groups is 3. The summed E-state index contributed by atoms with van der Waals surface area (Å²) < 4.78 is 23.8. The first-order valence-corrected chi connectivity index (χ1v) is 12.9. The van der Waals surface area contributed by atoms with Crippen molar-refractivity contribution in [2.45, 2.75) is 18.9 Å². The van der Waals surface area contributed by atoms with Gasteiger partial charge in [0.15, 0.2) is 0 Å². The second-order valence-corrected chi connectivity index (χ2v) is 9.45. The van der Waals surface area contributed by atoms with Gasteiger partial charge in [-0.15, -0.1) is 0 Å². The van der Waals surface area contributed by atoms with Crippen LogP contribution >= 0.6 is 0 Å². The summed E-state index contributed by atoms with van der Waals surface area (Å²) in [5.41, 5.74) is 2.74. The van der Waals surface area contributed by atoms with Crippen molar-refractivity contribution >= 4 is 34.9 Å². The van der Waals surface area contributed by atoms with E-state index in [9.17, 15) is 18.8 Å². The molecule has 1 unspecified atom stereocenters. The lowest BCUT2D eigenvalue weighted by Crippen LogP contribution is -2.39. The largest absolute Gasteiger partial charge is 0.497 e. The molecule has 210 valence electrons. The van der Waals surface area contributed by atoms with Crippen LogP contribution < -0.4 is 19.9 Å². The molecule has 40 heavy (non-hydrogen) atoms. The molecule has 9 nitrogen and oxygen atoms in total. The van der Waals surface area contributed by atoms with E-state index in [-0.39, 0.29) is 18.7 Å². The summed E-state index contributed by atoms with van der Waals surface area (Å²) in [5.74, 6) is -0.701. The van der Waals surface area contributed by atoms with E-state index < -0.39 is 29.7 Å². The van der Waals surface area contributed by atoms with Gasteiger partial charge < -0.3 is 24.6 Å². The molecular formula is C30H33FN4O5. The third kappa shape index (κ3) is 6.76. The molecule has 1 heterocycles. The highest BCUT2D eigenvalue weighted by atomic mass is 19.1. The quantitative estimate of drug-likeness (QED) is 0.339. The van der Waals surface area contributed by atoms with Gasteiger partial charge in [0.25, 0.3) is 5.91 Å². The Morgan fingerprint density at radius 2 is 1.65 bits per heavy atom. The number of likely N-dealkylation sites (N-methyl/N-ethyl adjacent to an activating group) is 1. The Kier molecular flexibility index (Phi) is 9.34. The van der Waals surface area contributed by atoms with Gasteiger partial charge in [-0.1, -0.05) is 12.1 Å². The molecular weight excluding hydrogens is 515 g/mol. The van der Waals surface area contributed by atoms with Crippen LogP contribution in [0.2, 0.25) is 0 Å². The van der Waals surface area contributed by atoms with E-state index in [0.717, 1.165) is 22.7 Å². The number of urea groups is 1. The number of ether oxygens (including phenoxy) is 2. The van der Waals surface area contributed by atoms with Crippen molar-refractivity contribution in [3.05, 3.63) is 84.2 Å². The molecule has 0 radical (unpaired) electrons. The van der Waals surface area contributed by atoms with Crippen molar-refractivity contribution < 1.29 is 28.2 Å². The molecule has 3 aromatic rings. The molecule has 1 aliphatic rings. The SMILES string of the molecule is COCCN(C)c1ccc(NC(=O)CC2C(=O)N(c3ccc(F)cc3)C(=O)N2CCc2ccc(OC)cc2)cc1. The second-order valence-electron chi connectivity index (χ2n) is 9.45. The monoisotopic (exact) mass is 548 g/mol. The van der Waals surface area contributed by atoms with E-state index in [2.05, 4.69) is 5.32 Å². The zero-order chi connectivity index (χ0) is 28.6. The van der Waals surface area contributed by atoms with Crippen molar-refractivity contribution in [1.29, 1.82) is 0 Å². The topological polar surface area (TPSA) is 91.4 Å². The Labute approximate surface area is 233 Å². The fraction of sp³-hybridized carbons (Fsp3) is 0.300. The van der Waals surface area contributed by atoms with Crippen LogP contribution in [0.1, 0.15) is 12.0 Å². The number of benzene rings is 3. The summed E-state index contributed by atoms with van der Waals surface area (Å²) >= 11 is 0. The van der Waals surface area contributed by atoms with Gasteiger partial charge in [-0.2, -0.15) is 0 Å². The van der Waals surface area contributed by atoms with Gasteiger partial charge in [0.2, 0.25) is 5.91 Å². The lowest BCUT2D eigenvalue weighted by molar-refractivity contribution is -0.124. The Balaban J connectivity index is 1.48. The molecule has 10 heteroatoms. The third-order valence-corrected chi connectivity index (χ3v) is 6.81. The van der Waals surface area contributed by atoms with Crippen LogP contribution in [0.5, 0.6) is 5.75 Å². The molecule has 0 spiro atoms. The molecule has 1 atom stereocenters. The minimum atomic E-state index is -1.00. The zero-order valence-corrected chi connectivity index (χ0v) is 22.8. The molecule has 4 rings (SSSR count). The van der Waals surface area contributed by atoms with Gasteiger partial charge >= 0.3 is 6.03 Å². The van der Waals surface area contributed by atoms with Crippen molar-refractivity contribution in [2.75, 3.05) is 56.1 Å². The summed E-state index contributed by atoms with van der Waals surface area (Å²) in [7, 11) is 5.18. The number of anilines is 3. The van der Waals surface area contributed by atoms with Crippen molar-refractivity contribution in [3.8, 4) is 5.75 Å². The standard InChI is InChI=1S/C30H33FN4O5/c1-33(18-19-39-2)24-12-8-23(9-13-24)32-28(36)20-27-29(37)35(25-10-6-22(31)7-11-25)30(38)34(27)17-16-21-4-14-26(40-3)15-5-21/h4-15,27H,16-20H2,1-3H3,(H,32,36). The van der Waals surface area contributed by atoms with Crippen LogP contribution in [0.3, 0.4) is 0 Å². The minimum absolute atomic E-state index is 0.217. The summed E-state index contributed by atoms with van der Waals surface area (Å²) in [5, 5.41) is 2.83. The number of imide groups is 1. The predicted octanol–water partition coefficient (Wildman–Crippen LogP) is 4.33. The van der Waals surface area contributed by atoms with Gasteiger partial charge in [0, 0.05) is 38.6 Å². The number of hydrogen-bond donors (Lipinski definition) is 1. The number of nitrogens with zero attached hydrogens (tertiary/aromatic N) is 3. The first kappa shape index (κ1) is 28.6. The van der Waals surface area contributed by atoms with Gasteiger partial charge in [-0.25, -0.2) is 14.1 Å². The molecule has 4 amide bonds. The molecule has 0 aromatic heterocycles. The Morgan fingerprint density at radius 1 is 0.975 bits per heavy atom. The van der Waals surface area contributed by atoms with Crippen molar-refractivity contribution in [2.24, 2.45) is 0 Å². The number of methoxy groups -OCH3 is 2. The van der Waals surface area contributed by atoms with Gasteiger partial charge in [0.05, 0.1) is 25.8 Å². The van der Waals surface area contributed by atoms with E-state index >= 15 is 0 Å². The summed E-state index contributed by atoms with van der Waals surface area (Å²) in [6.07, 6.45) is 0.247. The smallest absolute Gasteiger partial charge is 0.332 e. The minimum Gasteiger partial charge on any atom is -0.497 e. The number of hydrogen-bond acceptors (Lipinski definition) is 6. The maximum absolute atomic E-state index is 13.5. The van der Waals surface area contributed by atoms with E-state index in [1.54, 1.807) is 26.4 Å². The highest BCUT2D eigenvalue weighted by Crippen LogP contribution is 2.28. The Hall–Kier alpha value is -4.44. The number of carbonyl (C=O) groups excluding carboxylic acids is 3. The Bertz CT molecular complexity index is 1320. The van der Waals surface area contributed by atoms with Crippen LogP contribution in [0.25, 0.3) is 0 Å². The van der Waals surface area contributed by atoms with Crippen LogP contribution in [0.4, 0.5) is 26.2 Å². The van der Waals surface area contributed by atoms with Gasteiger partial charge in [-0.3, -0.25) is 9.59 Å². The van der Waals surface area contributed by atoms with E-state index in [1.165, 1.54) is 29.2 Å². The Morgan fingerprint density at radius 3 is 2.27 bits per heavy atom. The summed E-state index contributed by atoms with van der Waals surface area (Å²) in [6, 6.07) is 18.3. The van der Waals surface area contributed by atoms with Crippen LogP contribution in [0, 0.1) is 5.82 Å². The number of amides is 4. The van der Waals surface area contributed by atoms with Crippen molar-refractivity contribution in [1.82, 2.24) is 4.90 Å². The van der Waals surface area contributed by atoms with E-state index in [0.29, 0.717) is 24.5 Å². The molecule has 3 aromatic carbocycles. The molecule has 1 N–H and O–H groups in total. The molecule has 1 aliphatic heterocycles. The first-order valence-electron chi connectivity index (χ1n) is 12.9. The average molecular weight is 549 g/mol. The van der Waals surface area contributed by atoms with Crippen LogP contribution in [0.15, 0.2) is 72.8 Å². The highest BCUT2D eigenvalue weighted by molar-refractivity contribution is 6.22. The second kappa shape index (κ2) is 13.1. The molecule has 0 saturated carbocycles. The van der Waals surface area contributed by atoms with Crippen molar-refractivity contribution in [3.63, 3.8) is 0 Å². The normalized spacial score (nSPS) is 14.9. The van der Waals surface area contributed by atoms with Crippen LogP contribution in [-0.2, 0) is 20.7 Å². The number of rotatable bonds is 12. The summed E-state index contributed by atoms with van der Waals surface area (Å²) in [4.78, 5) is 44.4. The zero-order valence-electron chi connectivity index (χ0n) is 22.8. The maximum atomic E-state index is 13.5. The average Bonchev–Trinajstić information content (AvgIpc) is 3.19. The fourth-order valence-electron chi connectivity index (χ4n) is 4.50. The fourth-order valence-corrected chi connectivity index (χ4v) is 4.50. The lowest BCUT2D eigenvalue weighted by atomic mass is 10.1. The molecule has 1 saturated heterocycles. The molecule has 0 bridgehead atoms. The third-order valence-electron chi connectivity index (χ3n) is 6.81. The number of nitrogens with one attached hydrogen (secondary N) is 1. The van der Waals surface area contributed by atoms with Gasteiger partial charge in [-0.05, 0) is 72.6 Å². The highest BCUT2D eigenvalue weighted by Gasteiger charge is 2.46. The molecule has 0 aliphatic carbocycles. The number of halogens is 1. The van der Waals surface area contributed by atoms with E-state index in [1.807, 2.05) is 48.3 Å². The maximum Gasteiger partial charge on any atom is 0.332 e. The van der Waals surface area contributed by atoms with E-state index in [4.69, 9.17) is 9.47 Å². The molecule has 1 fully saturated rings. The summed E-state index contributed by atoms with van der Waals surface area (Å²) in [6.45, 7) is 1.53. The van der Waals surface area contributed by atoms with Gasteiger partial charge in [0.1, 0.15) is 17.6 Å².